The Hall–Kier alpha value is -2.10. The third-order valence-corrected chi connectivity index (χ3v) is 1.84. The molecule has 0 aliphatic rings. The van der Waals surface area contributed by atoms with Gasteiger partial charge in [-0.3, -0.25) is 4.79 Å². The van der Waals surface area contributed by atoms with Crippen LogP contribution < -0.4 is 0 Å². The minimum atomic E-state index is -1.27. The maximum absolute atomic E-state index is 11.2. The van der Waals surface area contributed by atoms with E-state index in [9.17, 15) is 9.59 Å². The predicted molar refractivity (Wildman–Crippen MR) is 56.3 cm³/mol. The van der Waals surface area contributed by atoms with Crippen LogP contribution in [0.2, 0.25) is 0 Å². The van der Waals surface area contributed by atoms with Gasteiger partial charge >= 0.3 is 6.09 Å². The lowest BCUT2D eigenvalue weighted by Crippen LogP contribution is -2.29. The SMILES string of the molecule is CN(C(=O)O)C(=O)/C=C/c1ccccc1. The summed E-state index contributed by atoms with van der Waals surface area (Å²) in [7, 11) is 1.21. The molecule has 0 saturated carbocycles. The summed E-state index contributed by atoms with van der Waals surface area (Å²) in [5.74, 6) is -0.564. The Kier molecular flexibility index (Phi) is 3.62. The standard InChI is InChI=1S/C11H11NO3/c1-12(11(14)15)10(13)8-7-9-5-3-2-4-6-9/h2-8H,1H3,(H,14,15)/b8-7+. The van der Waals surface area contributed by atoms with Crippen molar-refractivity contribution in [1.82, 2.24) is 4.90 Å². The third kappa shape index (κ3) is 3.27. The fourth-order valence-corrected chi connectivity index (χ4v) is 0.938. The van der Waals surface area contributed by atoms with Gasteiger partial charge in [-0.15, -0.1) is 0 Å². The topological polar surface area (TPSA) is 57.6 Å². The van der Waals surface area contributed by atoms with Gasteiger partial charge in [0.1, 0.15) is 0 Å². The van der Waals surface area contributed by atoms with Crippen LogP contribution in [0.15, 0.2) is 36.4 Å². The molecule has 0 spiro atoms. The molecule has 0 saturated heterocycles. The van der Waals surface area contributed by atoms with Gasteiger partial charge in [-0.05, 0) is 11.6 Å². The van der Waals surface area contributed by atoms with E-state index in [-0.39, 0.29) is 0 Å². The summed E-state index contributed by atoms with van der Waals surface area (Å²) in [5.41, 5.74) is 0.852. The number of hydrogen-bond donors (Lipinski definition) is 1. The second kappa shape index (κ2) is 4.95. The average Bonchev–Trinajstić information content (AvgIpc) is 2.26. The number of benzene rings is 1. The number of rotatable bonds is 2. The smallest absolute Gasteiger partial charge is 0.414 e. The summed E-state index contributed by atoms with van der Waals surface area (Å²) in [4.78, 5) is 22.3. The molecule has 2 amide bonds. The number of nitrogens with zero attached hydrogens (tertiary/aromatic N) is 1. The first-order chi connectivity index (χ1) is 7.11. The highest BCUT2D eigenvalue weighted by Crippen LogP contribution is 2.01. The summed E-state index contributed by atoms with van der Waals surface area (Å²) in [5, 5.41) is 8.52. The highest BCUT2D eigenvalue weighted by atomic mass is 16.4. The Bertz CT molecular complexity index is 384. The van der Waals surface area contributed by atoms with E-state index >= 15 is 0 Å². The van der Waals surface area contributed by atoms with Gasteiger partial charge in [-0.25, -0.2) is 9.69 Å². The van der Waals surface area contributed by atoms with Gasteiger partial charge in [-0.1, -0.05) is 30.3 Å². The fraction of sp³-hybridized carbons (Fsp3) is 0.0909. The van der Waals surface area contributed by atoms with Gasteiger partial charge in [-0.2, -0.15) is 0 Å². The van der Waals surface area contributed by atoms with Crippen molar-refractivity contribution in [3.8, 4) is 0 Å². The van der Waals surface area contributed by atoms with Gasteiger partial charge in [0.25, 0.3) is 5.91 Å². The Morgan fingerprint density at radius 1 is 1.27 bits per heavy atom. The van der Waals surface area contributed by atoms with Crippen molar-refractivity contribution < 1.29 is 14.7 Å². The van der Waals surface area contributed by atoms with Gasteiger partial charge in [0.15, 0.2) is 0 Å². The Morgan fingerprint density at radius 3 is 2.40 bits per heavy atom. The average molecular weight is 205 g/mol. The molecule has 0 unspecified atom stereocenters. The normalized spacial score (nSPS) is 10.2. The number of likely N-dealkylation sites (N-methyl/N-ethyl adjacent to an activating group) is 1. The summed E-state index contributed by atoms with van der Waals surface area (Å²) in [6, 6.07) is 9.19. The Labute approximate surface area is 87.4 Å². The zero-order valence-electron chi connectivity index (χ0n) is 8.25. The first-order valence-electron chi connectivity index (χ1n) is 4.35. The number of carbonyl (C=O) groups is 2. The first-order valence-corrected chi connectivity index (χ1v) is 4.35. The number of imide groups is 1. The minimum Gasteiger partial charge on any atom is -0.465 e. The van der Waals surface area contributed by atoms with E-state index in [0.717, 1.165) is 5.56 Å². The molecule has 15 heavy (non-hydrogen) atoms. The Balaban J connectivity index is 2.67. The molecule has 0 heterocycles. The van der Waals surface area contributed by atoms with E-state index in [1.54, 1.807) is 6.08 Å². The van der Waals surface area contributed by atoms with Crippen molar-refractivity contribution in [3.63, 3.8) is 0 Å². The molecule has 4 heteroatoms. The molecule has 0 radical (unpaired) electrons. The largest absolute Gasteiger partial charge is 0.465 e. The molecule has 4 nitrogen and oxygen atoms in total. The molecule has 0 fully saturated rings. The minimum absolute atomic E-state index is 0.564. The van der Waals surface area contributed by atoms with E-state index in [2.05, 4.69) is 0 Å². The molecule has 0 aromatic heterocycles. The lowest BCUT2D eigenvalue weighted by Gasteiger charge is -2.06. The van der Waals surface area contributed by atoms with Crippen LogP contribution in [0.25, 0.3) is 6.08 Å². The van der Waals surface area contributed by atoms with E-state index in [0.29, 0.717) is 4.90 Å². The van der Waals surface area contributed by atoms with Crippen LogP contribution in [-0.2, 0) is 4.79 Å². The molecule has 0 aliphatic carbocycles. The van der Waals surface area contributed by atoms with Crippen molar-refractivity contribution in [2.45, 2.75) is 0 Å². The quantitative estimate of drug-likeness (QED) is 0.749. The van der Waals surface area contributed by atoms with Crippen molar-refractivity contribution in [3.05, 3.63) is 42.0 Å². The summed E-state index contributed by atoms with van der Waals surface area (Å²) in [6.45, 7) is 0. The van der Waals surface area contributed by atoms with E-state index in [4.69, 9.17) is 5.11 Å². The van der Waals surface area contributed by atoms with Gasteiger partial charge < -0.3 is 5.11 Å². The van der Waals surface area contributed by atoms with Crippen LogP contribution >= 0.6 is 0 Å². The van der Waals surface area contributed by atoms with Crippen molar-refractivity contribution in [2.75, 3.05) is 7.05 Å². The van der Waals surface area contributed by atoms with Crippen molar-refractivity contribution >= 4 is 18.1 Å². The van der Waals surface area contributed by atoms with Crippen molar-refractivity contribution in [1.29, 1.82) is 0 Å². The van der Waals surface area contributed by atoms with Gasteiger partial charge in [0.2, 0.25) is 0 Å². The fourth-order valence-electron chi connectivity index (χ4n) is 0.938. The summed E-state index contributed by atoms with van der Waals surface area (Å²) < 4.78 is 0. The highest BCUT2D eigenvalue weighted by Gasteiger charge is 2.11. The van der Waals surface area contributed by atoms with Crippen LogP contribution in [0.3, 0.4) is 0 Å². The van der Waals surface area contributed by atoms with Crippen LogP contribution in [-0.4, -0.2) is 29.1 Å². The Morgan fingerprint density at radius 2 is 1.87 bits per heavy atom. The van der Waals surface area contributed by atoms with Crippen LogP contribution in [0.5, 0.6) is 0 Å². The maximum Gasteiger partial charge on any atom is 0.414 e. The van der Waals surface area contributed by atoms with Crippen LogP contribution in [0.4, 0.5) is 4.79 Å². The number of carbonyl (C=O) groups excluding carboxylic acids is 1. The zero-order valence-corrected chi connectivity index (χ0v) is 8.25. The van der Waals surface area contributed by atoms with Crippen LogP contribution in [0, 0.1) is 0 Å². The molecule has 0 atom stereocenters. The molecule has 0 aliphatic heterocycles. The molecule has 78 valence electrons. The second-order valence-corrected chi connectivity index (χ2v) is 2.92. The van der Waals surface area contributed by atoms with Crippen molar-refractivity contribution in [2.24, 2.45) is 0 Å². The molecule has 0 bridgehead atoms. The number of amides is 2. The highest BCUT2D eigenvalue weighted by molar-refractivity contribution is 6.00. The maximum atomic E-state index is 11.2. The number of carboxylic acid groups (broad SMARTS) is 1. The molecule has 1 aromatic carbocycles. The number of hydrogen-bond acceptors (Lipinski definition) is 2. The summed E-state index contributed by atoms with van der Waals surface area (Å²) >= 11 is 0. The zero-order chi connectivity index (χ0) is 11.3. The van der Waals surface area contributed by atoms with E-state index in [1.807, 2.05) is 30.3 Å². The third-order valence-electron chi connectivity index (χ3n) is 1.84. The van der Waals surface area contributed by atoms with E-state index in [1.165, 1.54) is 13.1 Å². The van der Waals surface area contributed by atoms with Crippen LogP contribution in [0.1, 0.15) is 5.56 Å². The molecular formula is C11H11NO3. The first kappa shape index (κ1) is 11.0. The van der Waals surface area contributed by atoms with Gasteiger partial charge in [0, 0.05) is 13.1 Å². The summed E-state index contributed by atoms with van der Waals surface area (Å²) in [6.07, 6.45) is 1.53. The molecule has 1 aromatic rings. The predicted octanol–water partition coefficient (Wildman–Crippen LogP) is 1.84. The lowest BCUT2D eigenvalue weighted by atomic mass is 10.2. The van der Waals surface area contributed by atoms with E-state index < -0.39 is 12.0 Å². The molecule has 1 N–H and O–H groups in total. The lowest BCUT2D eigenvalue weighted by molar-refractivity contribution is -0.122. The molecular weight excluding hydrogens is 194 g/mol. The second-order valence-electron chi connectivity index (χ2n) is 2.92. The monoisotopic (exact) mass is 205 g/mol. The van der Waals surface area contributed by atoms with Gasteiger partial charge in [0.05, 0.1) is 0 Å². The molecule has 1 rings (SSSR count).